The normalized spacial score (nSPS) is 17.7. The molecule has 1 unspecified atom stereocenters. The third-order valence-electron chi connectivity index (χ3n) is 10.3. The van der Waals surface area contributed by atoms with Crippen LogP contribution in [0, 0.1) is 5.41 Å². The number of nitrogens with one attached hydrogen (secondary N) is 4. The van der Waals surface area contributed by atoms with Gasteiger partial charge in [0.1, 0.15) is 11.4 Å². The number of hydrogen-bond donors (Lipinski definition) is 4. The molecule has 52 heavy (non-hydrogen) atoms. The summed E-state index contributed by atoms with van der Waals surface area (Å²) in [6.07, 6.45) is 6.93. The number of anilines is 1. The number of carbonyl (C=O) groups excluding carboxylic acids is 3. The summed E-state index contributed by atoms with van der Waals surface area (Å²) in [6.45, 7) is 5.27. The van der Waals surface area contributed by atoms with E-state index in [2.05, 4.69) is 31.2 Å². The summed E-state index contributed by atoms with van der Waals surface area (Å²) < 4.78 is 5.71. The van der Waals surface area contributed by atoms with Crippen LogP contribution in [0.5, 0.6) is 5.75 Å². The van der Waals surface area contributed by atoms with Gasteiger partial charge in [0, 0.05) is 98.2 Å². The van der Waals surface area contributed by atoms with Gasteiger partial charge in [-0.3, -0.25) is 24.4 Å². The van der Waals surface area contributed by atoms with Gasteiger partial charge in [0.2, 0.25) is 11.8 Å². The Balaban J connectivity index is 0.978. The van der Waals surface area contributed by atoms with Crippen LogP contribution in [0.1, 0.15) is 54.2 Å². The predicted octanol–water partition coefficient (Wildman–Crippen LogP) is 5.85. The van der Waals surface area contributed by atoms with Crippen LogP contribution < -0.4 is 26.0 Å². The van der Waals surface area contributed by atoms with E-state index in [0.717, 1.165) is 49.0 Å². The number of hydrogen-bond acceptors (Lipinski definition) is 8. The summed E-state index contributed by atoms with van der Waals surface area (Å²) in [5.41, 5.74) is 5.60. The fraction of sp³-hybridized carbons (Fsp3) is 0.359. The average molecular weight is 743 g/mol. The fourth-order valence-corrected chi connectivity index (χ4v) is 8.02. The van der Waals surface area contributed by atoms with Crippen molar-refractivity contribution in [2.24, 2.45) is 5.41 Å². The van der Waals surface area contributed by atoms with E-state index in [9.17, 15) is 14.4 Å². The first-order valence-electron chi connectivity index (χ1n) is 17.5. The zero-order chi connectivity index (χ0) is 36.4. The molecule has 3 fully saturated rings. The molecule has 4 aromatic rings. The van der Waals surface area contributed by atoms with E-state index in [-0.39, 0.29) is 29.5 Å². The Morgan fingerprint density at radius 2 is 1.83 bits per heavy atom. The molecule has 3 amide bonds. The zero-order valence-electron chi connectivity index (χ0n) is 29.1. The topological polar surface area (TPSA) is 138 Å². The number of methoxy groups -OCH3 is 1. The summed E-state index contributed by atoms with van der Waals surface area (Å²) >= 11 is 13.9. The third kappa shape index (κ3) is 7.64. The Kier molecular flexibility index (Phi) is 10.5. The van der Waals surface area contributed by atoms with Crippen LogP contribution in [-0.4, -0.2) is 71.4 Å². The van der Waals surface area contributed by atoms with Gasteiger partial charge in [-0.15, -0.1) is 0 Å². The summed E-state index contributed by atoms with van der Waals surface area (Å²) in [6, 6.07) is 17.2. The second-order valence-corrected chi connectivity index (χ2v) is 14.8. The quantitative estimate of drug-likeness (QED) is 0.142. The SMILES string of the molecule is COc1cc(-c2nccc(-c3cccc(NC(=O)c4ccc(CNC5CC6(C5)CN(C(C)=O)C6)cn4)c3Cl)c2Cl)ccc1CNCC1CCC(=O)N1. The van der Waals surface area contributed by atoms with Crippen molar-refractivity contribution in [3.05, 3.63) is 93.9 Å². The van der Waals surface area contributed by atoms with Crippen molar-refractivity contribution in [1.29, 1.82) is 0 Å². The van der Waals surface area contributed by atoms with Crippen LogP contribution in [0.3, 0.4) is 0 Å². The lowest BCUT2D eigenvalue weighted by atomic mass is 9.60. The maximum atomic E-state index is 13.2. The highest BCUT2D eigenvalue weighted by atomic mass is 35.5. The molecule has 1 spiro atoms. The highest BCUT2D eigenvalue weighted by molar-refractivity contribution is 6.39. The molecule has 3 aliphatic rings. The maximum absolute atomic E-state index is 13.2. The van der Waals surface area contributed by atoms with Crippen LogP contribution >= 0.6 is 23.2 Å². The molecule has 0 radical (unpaired) electrons. The lowest BCUT2D eigenvalue weighted by Gasteiger charge is -2.59. The van der Waals surface area contributed by atoms with Gasteiger partial charge >= 0.3 is 0 Å². The Bertz CT molecular complexity index is 1990. The number of pyridine rings is 2. The van der Waals surface area contributed by atoms with Crippen molar-refractivity contribution in [1.82, 2.24) is 30.8 Å². The molecule has 2 saturated heterocycles. The number of likely N-dealkylation sites (tertiary alicyclic amines) is 1. The standard InChI is InChI=1S/C39H41Cl2N7O4/c1-23(49)48-21-39(22-48)15-28(16-39)44-17-24-6-10-32(45-18-24)38(51)47-31-5-3-4-29(35(31)40)30-12-13-43-37(36(30)41)25-7-8-26(33(14-25)52-2)19-42-20-27-9-11-34(50)46-27/h3-8,10,12-14,18,27-28,42,44H,9,11,15-17,19-22H2,1-2H3,(H,46,50)(H,47,51). The van der Waals surface area contributed by atoms with Gasteiger partial charge in [-0.2, -0.15) is 0 Å². The van der Waals surface area contributed by atoms with E-state index in [1.807, 2.05) is 41.3 Å². The molecule has 0 bridgehead atoms. The highest BCUT2D eigenvalue weighted by Gasteiger charge is 2.52. The van der Waals surface area contributed by atoms with Crippen molar-refractivity contribution >= 4 is 46.6 Å². The van der Waals surface area contributed by atoms with Crippen LogP contribution in [0.2, 0.25) is 10.0 Å². The van der Waals surface area contributed by atoms with Gasteiger partial charge in [0.05, 0.1) is 28.5 Å². The van der Waals surface area contributed by atoms with Crippen molar-refractivity contribution < 1.29 is 19.1 Å². The molecule has 270 valence electrons. The largest absolute Gasteiger partial charge is 0.496 e. The van der Waals surface area contributed by atoms with E-state index in [1.165, 1.54) is 0 Å². The van der Waals surface area contributed by atoms with E-state index in [4.69, 9.17) is 27.9 Å². The van der Waals surface area contributed by atoms with Crippen molar-refractivity contribution in [2.75, 3.05) is 32.1 Å². The smallest absolute Gasteiger partial charge is 0.274 e. The zero-order valence-corrected chi connectivity index (χ0v) is 30.6. The minimum atomic E-state index is -0.379. The monoisotopic (exact) mass is 741 g/mol. The molecule has 11 nitrogen and oxygen atoms in total. The van der Waals surface area contributed by atoms with Gasteiger partial charge in [-0.25, -0.2) is 0 Å². The van der Waals surface area contributed by atoms with E-state index in [1.54, 1.807) is 44.6 Å². The Hall–Kier alpha value is -4.55. The Labute approximate surface area is 312 Å². The van der Waals surface area contributed by atoms with Crippen molar-refractivity contribution in [2.45, 2.75) is 57.8 Å². The molecule has 1 atom stereocenters. The minimum absolute atomic E-state index is 0.0949. The van der Waals surface area contributed by atoms with Crippen molar-refractivity contribution in [3.63, 3.8) is 0 Å². The molecule has 4 heterocycles. The molecular formula is C39H41Cl2N7O4. The first-order chi connectivity index (χ1) is 25.1. The highest BCUT2D eigenvalue weighted by Crippen LogP contribution is 2.48. The third-order valence-corrected chi connectivity index (χ3v) is 11.1. The predicted molar refractivity (Wildman–Crippen MR) is 201 cm³/mol. The second-order valence-electron chi connectivity index (χ2n) is 14.0. The molecule has 1 aliphatic carbocycles. The molecular weight excluding hydrogens is 701 g/mol. The number of rotatable bonds is 12. The van der Waals surface area contributed by atoms with Crippen LogP contribution in [0.4, 0.5) is 5.69 Å². The van der Waals surface area contributed by atoms with E-state index in [0.29, 0.717) is 75.8 Å². The molecule has 2 aromatic carbocycles. The number of carbonyl (C=O) groups is 3. The number of aromatic nitrogens is 2. The number of halogens is 2. The molecule has 7 rings (SSSR count). The fourth-order valence-electron chi connectivity index (χ4n) is 7.43. The Morgan fingerprint density at radius 1 is 1.02 bits per heavy atom. The van der Waals surface area contributed by atoms with Gasteiger partial charge in [-0.05, 0) is 49.1 Å². The summed E-state index contributed by atoms with van der Waals surface area (Å²) in [5, 5.41) is 13.6. The Morgan fingerprint density at radius 3 is 2.54 bits per heavy atom. The van der Waals surface area contributed by atoms with Crippen molar-refractivity contribution in [3.8, 4) is 28.1 Å². The number of amides is 3. The van der Waals surface area contributed by atoms with Gasteiger partial charge in [0.25, 0.3) is 5.91 Å². The molecule has 1 saturated carbocycles. The van der Waals surface area contributed by atoms with E-state index >= 15 is 0 Å². The van der Waals surface area contributed by atoms with Crippen LogP contribution in [0.25, 0.3) is 22.4 Å². The van der Waals surface area contributed by atoms with Gasteiger partial charge in [0.15, 0.2) is 0 Å². The molecule has 2 aromatic heterocycles. The average Bonchev–Trinajstić information content (AvgIpc) is 3.52. The first kappa shape index (κ1) is 35.8. The summed E-state index contributed by atoms with van der Waals surface area (Å²) in [7, 11) is 1.62. The second kappa shape index (κ2) is 15.2. The minimum Gasteiger partial charge on any atom is -0.496 e. The maximum Gasteiger partial charge on any atom is 0.274 e. The lowest BCUT2D eigenvalue weighted by molar-refractivity contribution is -0.149. The summed E-state index contributed by atoms with van der Waals surface area (Å²) in [5.74, 6) is 0.555. The van der Waals surface area contributed by atoms with Gasteiger partial charge in [-0.1, -0.05) is 53.5 Å². The van der Waals surface area contributed by atoms with Gasteiger partial charge < -0.3 is 30.9 Å². The lowest BCUT2D eigenvalue weighted by Crippen LogP contribution is -2.66. The number of benzene rings is 2. The first-order valence-corrected chi connectivity index (χ1v) is 18.2. The van der Waals surface area contributed by atoms with Crippen LogP contribution in [-0.2, 0) is 22.7 Å². The summed E-state index contributed by atoms with van der Waals surface area (Å²) in [4.78, 5) is 47.1. The van der Waals surface area contributed by atoms with Crippen LogP contribution in [0.15, 0.2) is 67.0 Å². The number of nitrogens with zero attached hydrogens (tertiary/aromatic N) is 3. The molecule has 13 heteroatoms. The molecule has 2 aliphatic heterocycles. The number of ether oxygens (including phenoxy) is 1. The molecule has 4 N–H and O–H groups in total. The van der Waals surface area contributed by atoms with E-state index < -0.39 is 0 Å².